The molecule has 0 aliphatic carbocycles. The molecule has 2 heterocycles. The topological polar surface area (TPSA) is 43.1 Å². The van der Waals surface area contributed by atoms with Gasteiger partial charge >= 0.3 is 0 Å². The van der Waals surface area contributed by atoms with Gasteiger partial charge in [-0.15, -0.1) is 0 Å². The third-order valence-corrected chi connectivity index (χ3v) is 2.53. The molecular formula is C13H13NO2. The first-order valence-corrected chi connectivity index (χ1v) is 5.28. The van der Waals surface area contributed by atoms with E-state index in [2.05, 4.69) is 4.98 Å². The van der Waals surface area contributed by atoms with E-state index in [9.17, 15) is 4.79 Å². The summed E-state index contributed by atoms with van der Waals surface area (Å²) in [6.07, 6.45) is 7.79. The molecule has 0 saturated heterocycles. The zero-order valence-electron chi connectivity index (χ0n) is 9.14. The van der Waals surface area contributed by atoms with Crippen LogP contribution in [0.1, 0.15) is 28.4 Å². The van der Waals surface area contributed by atoms with E-state index in [1.54, 1.807) is 31.0 Å². The zero-order valence-corrected chi connectivity index (χ0v) is 9.14. The molecule has 16 heavy (non-hydrogen) atoms. The summed E-state index contributed by atoms with van der Waals surface area (Å²) >= 11 is 0. The quantitative estimate of drug-likeness (QED) is 0.736. The minimum atomic E-state index is 0.112. The highest BCUT2D eigenvalue weighted by Crippen LogP contribution is 2.12. The van der Waals surface area contributed by atoms with Crippen molar-refractivity contribution in [3.05, 3.63) is 53.7 Å². The Kier molecular flexibility index (Phi) is 3.15. The van der Waals surface area contributed by atoms with Crippen molar-refractivity contribution >= 4 is 5.78 Å². The van der Waals surface area contributed by atoms with Crippen LogP contribution in [0.15, 0.2) is 41.5 Å². The predicted molar refractivity (Wildman–Crippen MR) is 60.4 cm³/mol. The maximum Gasteiger partial charge on any atom is 0.167 e. The summed E-state index contributed by atoms with van der Waals surface area (Å²) in [5.41, 5.74) is 2.67. The smallest absolute Gasteiger partial charge is 0.167 e. The molecule has 0 aromatic carbocycles. The fourth-order valence-corrected chi connectivity index (χ4v) is 1.65. The van der Waals surface area contributed by atoms with Crippen molar-refractivity contribution in [2.75, 3.05) is 0 Å². The molecule has 3 heteroatoms. The largest absolute Gasteiger partial charge is 0.472 e. The number of carbonyl (C=O) groups excluding carboxylic acids is 1. The van der Waals surface area contributed by atoms with Crippen LogP contribution in [0.5, 0.6) is 0 Å². The molecule has 0 amide bonds. The summed E-state index contributed by atoms with van der Waals surface area (Å²) in [4.78, 5) is 16.0. The summed E-state index contributed by atoms with van der Waals surface area (Å²) in [6.45, 7) is 2.02. The van der Waals surface area contributed by atoms with Gasteiger partial charge in [0.25, 0.3) is 0 Å². The van der Waals surface area contributed by atoms with Gasteiger partial charge in [0.2, 0.25) is 0 Å². The van der Waals surface area contributed by atoms with Crippen LogP contribution in [0.2, 0.25) is 0 Å². The van der Waals surface area contributed by atoms with E-state index >= 15 is 0 Å². The molecule has 82 valence electrons. The Morgan fingerprint density at radius 1 is 1.44 bits per heavy atom. The van der Waals surface area contributed by atoms with Gasteiger partial charge in [-0.1, -0.05) is 6.92 Å². The number of ketones is 1. The van der Waals surface area contributed by atoms with E-state index in [-0.39, 0.29) is 5.78 Å². The summed E-state index contributed by atoms with van der Waals surface area (Å²) in [5.74, 6) is 0.112. The number of furan rings is 1. The normalized spacial score (nSPS) is 10.3. The number of nitrogens with zero attached hydrogens (tertiary/aromatic N) is 1. The first-order chi connectivity index (χ1) is 7.81. The van der Waals surface area contributed by atoms with Crippen LogP contribution in [0, 0.1) is 0 Å². The van der Waals surface area contributed by atoms with Gasteiger partial charge in [-0.25, -0.2) is 0 Å². The van der Waals surface area contributed by atoms with Crippen molar-refractivity contribution in [2.45, 2.75) is 19.8 Å². The van der Waals surface area contributed by atoms with E-state index in [1.165, 1.54) is 0 Å². The van der Waals surface area contributed by atoms with Gasteiger partial charge in [0.1, 0.15) is 0 Å². The lowest BCUT2D eigenvalue weighted by Crippen LogP contribution is -2.06. The number of hydrogen-bond acceptors (Lipinski definition) is 3. The van der Waals surface area contributed by atoms with E-state index in [0.717, 1.165) is 23.1 Å². The second-order valence-electron chi connectivity index (χ2n) is 3.62. The van der Waals surface area contributed by atoms with Crippen molar-refractivity contribution in [1.29, 1.82) is 0 Å². The number of pyridine rings is 1. The highest BCUT2D eigenvalue weighted by molar-refractivity contribution is 5.98. The summed E-state index contributed by atoms with van der Waals surface area (Å²) in [7, 11) is 0. The number of hydrogen-bond donors (Lipinski definition) is 0. The molecule has 0 saturated carbocycles. The number of rotatable bonds is 4. The summed E-state index contributed by atoms with van der Waals surface area (Å²) in [6, 6.07) is 3.59. The Balaban J connectivity index is 2.21. The molecule has 0 spiro atoms. The zero-order chi connectivity index (χ0) is 11.4. The third kappa shape index (κ3) is 2.19. The van der Waals surface area contributed by atoms with Crippen molar-refractivity contribution < 1.29 is 9.21 Å². The second kappa shape index (κ2) is 4.75. The third-order valence-electron chi connectivity index (χ3n) is 2.53. The number of aromatic nitrogens is 1. The van der Waals surface area contributed by atoms with Gasteiger partial charge in [-0.2, -0.15) is 0 Å². The molecule has 2 aromatic rings. The molecule has 0 aliphatic rings. The van der Waals surface area contributed by atoms with Gasteiger partial charge in [0.05, 0.1) is 12.5 Å². The van der Waals surface area contributed by atoms with Crippen LogP contribution in [0.4, 0.5) is 0 Å². The lowest BCUT2D eigenvalue weighted by Gasteiger charge is -2.04. The fraction of sp³-hybridized carbons (Fsp3) is 0.231. The minimum Gasteiger partial charge on any atom is -0.472 e. The van der Waals surface area contributed by atoms with Crippen molar-refractivity contribution in [1.82, 2.24) is 4.98 Å². The number of aryl methyl sites for hydroxylation is 1. The predicted octanol–water partition coefficient (Wildman–Crippen LogP) is 2.66. The van der Waals surface area contributed by atoms with Crippen molar-refractivity contribution in [3.63, 3.8) is 0 Å². The fourth-order valence-electron chi connectivity index (χ4n) is 1.65. The van der Waals surface area contributed by atoms with Crippen LogP contribution in [0.3, 0.4) is 0 Å². The molecule has 2 rings (SSSR count). The Morgan fingerprint density at radius 2 is 2.31 bits per heavy atom. The highest BCUT2D eigenvalue weighted by atomic mass is 16.3. The second-order valence-corrected chi connectivity index (χ2v) is 3.62. The summed E-state index contributed by atoms with van der Waals surface area (Å²) < 4.78 is 4.94. The SMILES string of the molecule is CCc1cnccc1C(=O)Cc1ccoc1. The lowest BCUT2D eigenvalue weighted by molar-refractivity contribution is 0.0992. The molecular weight excluding hydrogens is 202 g/mol. The Labute approximate surface area is 94.1 Å². The van der Waals surface area contributed by atoms with Gasteiger partial charge < -0.3 is 4.42 Å². The first-order valence-electron chi connectivity index (χ1n) is 5.28. The molecule has 0 radical (unpaired) electrons. The molecule has 0 unspecified atom stereocenters. The number of carbonyl (C=O) groups is 1. The highest BCUT2D eigenvalue weighted by Gasteiger charge is 2.11. The van der Waals surface area contributed by atoms with E-state index in [4.69, 9.17) is 4.42 Å². The van der Waals surface area contributed by atoms with Gasteiger partial charge in [-0.05, 0) is 29.7 Å². The molecule has 0 fully saturated rings. The van der Waals surface area contributed by atoms with Gasteiger partial charge in [-0.3, -0.25) is 9.78 Å². The maximum absolute atomic E-state index is 12.0. The molecule has 2 aromatic heterocycles. The van der Waals surface area contributed by atoms with E-state index in [0.29, 0.717) is 6.42 Å². The maximum atomic E-state index is 12.0. The van der Waals surface area contributed by atoms with Crippen LogP contribution in [-0.2, 0) is 12.8 Å². The van der Waals surface area contributed by atoms with Crippen molar-refractivity contribution in [3.8, 4) is 0 Å². The standard InChI is InChI=1S/C13H13NO2/c1-2-11-8-14-5-3-12(11)13(15)7-10-4-6-16-9-10/h3-6,8-9H,2,7H2,1H3. The van der Waals surface area contributed by atoms with Gasteiger partial charge in [0.15, 0.2) is 5.78 Å². The summed E-state index contributed by atoms with van der Waals surface area (Å²) in [5, 5.41) is 0. The van der Waals surface area contributed by atoms with Crippen molar-refractivity contribution in [2.24, 2.45) is 0 Å². The average Bonchev–Trinajstić information content (AvgIpc) is 2.81. The van der Waals surface area contributed by atoms with Crippen LogP contribution in [-0.4, -0.2) is 10.8 Å². The minimum absolute atomic E-state index is 0.112. The molecule has 3 nitrogen and oxygen atoms in total. The van der Waals surface area contributed by atoms with Gasteiger partial charge in [0, 0.05) is 24.4 Å². The Morgan fingerprint density at radius 3 is 3.00 bits per heavy atom. The van der Waals surface area contributed by atoms with Crippen LogP contribution in [0.25, 0.3) is 0 Å². The van der Waals surface area contributed by atoms with Crippen LogP contribution < -0.4 is 0 Å². The molecule has 0 aliphatic heterocycles. The average molecular weight is 215 g/mol. The van der Waals surface area contributed by atoms with E-state index < -0.39 is 0 Å². The number of Topliss-reactive ketones (excluding diaryl/α,β-unsaturated/α-hetero) is 1. The molecule has 0 N–H and O–H groups in total. The van der Waals surface area contributed by atoms with E-state index in [1.807, 2.05) is 13.0 Å². The molecule has 0 bridgehead atoms. The Hall–Kier alpha value is -1.90. The van der Waals surface area contributed by atoms with Crippen LogP contribution >= 0.6 is 0 Å². The first kappa shape index (κ1) is 10.6. The molecule has 0 atom stereocenters. The monoisotopic (exact) mass is 215 g/mol. The lowest BCUT2D eigenvalue weighted by atomic mass is 10.0. The Bertz CT molecular complexity index is 474.